The molecule has 8 aliphatic rings. The summed E-state index contributed by atoms with van der Waals surface area (Å²) in [5.74, 6) is 5.85. The number of amidine groups is 2. The van der Waals surface area contributed by atoms with E-state index in [4.69, 9.17) is 15.7 Å². The lowest BCUT2D eigenvalue weighted by molar-refractivity contribution is -0.129. The Morgan fingerprint density at radius 1 is 0.918 bits per heavy atom. The average Bonchev–Trinajstić information content (AvgIpc) is 3.66. The van der Waals surface area contributed by atoms with Crippen LogP contribution in [0.2, 0.25) is 0 Å². The fourth-order valence-electron chi connectivity index (χ4n) is 12.3. The van der Waals surface area contributed by atoms with Gasteiger partial charge in [-0.15, -0.1) is 5.73 Å². The number of benzene rings is 2. The van der Waals surface area contributed by atoms with E-state index in [1.165, 1.54) is 53.5 Å². The summed E-state index contributed by atoms with van der Waals surface area (Å²) < 4.78 is 0. The zero-order chi connectivity index (χ0) is 32.7. The summed E-state index contributed by atoms with van der Waals surface area (Å²) in [4.78, 5) is 9.91. The third kappa shape index (κ3) is 4.21. The molecule has 10 rings (SSSR count). The van der Waals surface area contributed by atoms with Gasteiger partial charge in [0, 0.05) is 11.0 Å². The smallest absolute Gasteiger partial charge is 0.153 e. The van der Waals surface area contributed by atoms with Crippen LogP contribution in [0, 0.1) is 35.0 Å². The second-order valence-corrected chi connectivity index (χ2v) is 16.1. The molecule has 0 saturated heterocycles. The van der Waals surface area contributed by atoms with Gasteiger partial charge in [-0.05, 0) is 161 Å². The molecule has 4 fully saturated rings. The number of hydrogen-bond acceptors (Lipinski definition) is 1. The molecule has 3 nitrogen and oxygen atoms in total. The van der Waals surface area contributed by atoms with E-state index in [9.17, 15) is 0 Å². The topological polar surface area (TPSA) is 50.7 Å². The fraction of sp³-hybridized carbons (Fsp3) is 0.370. The van der Waals surface area contributed by atoms with Gasteiger partial charge < -0.3 is 5.73 Å². The van der Waals surface area contributed by atoms with Crippen molar-refractivity contribution in [3.05, 3.63) is 148 Å². The zero-order valence-corrected chi connectivity index (χ0v) is 28.5. The van der Waals surface area contributed by atoms with Gasteiger partial charge in [-0.3, -0.25) is 4.99 Å². The molecule has 0 aromatic heterocycles. The molecule has 0 heterocycles. The Bertz CT molecular complexity index is 2090. The molecular weight excluding hydrogens is 595 g/mol. The van der Waals surface area contributed by atoms with E-state index in [2.05, 4.69) is 85.5 Å². The maximum atomic E-state index is 6.46. The first kappa shape index (κ1) is 29.5. The summed E-state index contributed by atoms with van der Waals surface area (Å²) >= 11 is 0. The molecule has 7 atom stereocenters. The second-order valence-electron chi connectivity index (χ2n) is 16.1. The van der Waals surface area contributed by atoms with Crippen molar-refractivity contribution in [2.45, 2.75) is 63.7 Å². The summed E-state index contributed by atoms with van der Waals surface area (Å²) in [5.41, 5.74) is 22.8. The van der Waals surface area contributed by atoms with Gasteiger partial charge in [-0.2, -0.15) is 0 Å². The molecule has 49 heavy (non-hydrogen) atoms. The van der Waals surface area contributed by atoms with E-state index in [0.29, 0.717) is 17.8 Å². The van der Waals surface area contributed by atoms with E-state index in [-0.39, 0.29) is 5.41 Å². The molecule has 8 aliphatic carbocycles. The first-order chi connectivity index (χ1) is 24.0. The molecule has 0 radical (unpaired) electrons. The molecule has 2 bridgehead atoms. The molecule has 3 heteroatoms. The lowest BCUT2D eigenvalue weighted by Gasteiger charge is -2.67. The molecule has 0 aliphatic heterocycles. The van der Waals surface area contributed by atoms with Crippen molar-refractivity contribution in [2.75, 3.05) is 6.54 Å². The lowest BCUT2D eigenvalue weighted by Crippen LogP contribution is -2.63. The van der Waals surface area contributed by atoms with Crippen molar-refractivity contribution in [1.29, 1.82) is 0 Å². The minimum absolute atomic E-state index is 0.148. The first-order valence-electron chi connectivity index (χ1n) is 18.7. The summed E-state index contributed by atoms with van der Waals surface area (Å²) in [6.07, 6.45) is 30.0. The maximum absolute atomic E-state index is 6.46. The van der Waals surface area contributed by atoms with Crippen LogP contribution >= 0.6 is 0 Å². The number of rotatable bonds is 5. The predicted octanol–water partition coefficient (Wildman–Crippen LogP) is 9.86. The van der Waals surface area contributed by atoms with Crippen LogP contribution in [0.5, 0.6) is 0 Å². The van der Waals surface area contributed by atoms with Crippen LogP contribution in [0.15, 0.2) is 136 Å². The Morgan fingerprint density at radius 3 is 2.65 bits per heavy atom. The zero-order valence-electron chi connectivity index (χ0n) is 28.5. The Hall–Kier alpha value is -4.46. The van der Waals surface area contributed by atoms with Gasteiger partial charge in [0.25, 0.3) is 0 Å². The fourth-order valence-corrected chi connectivity index (χ4v) is 12.3. The molecular formula is C46H45N3. The number of aliphatic imine (C=N–C) groups is 2. The summed E-state index contributed by atoms with van der Waals surface area (Å²) in [7, 11) is 0. The Balaban J connectivity index is 0.973. The van der Waals surface area contributed by atoms with Gasteiger partial charge in [-0.1, -0.05) is 79.8 Å². The Labute approximate surface area is 290 Å². The quantitative estimate of drug-likeness (QED) is 0.198. The van der Waals surface area contributed by atoms with Crippen molar-refractivity contribution < 1.29 is 0 Å². The van der Waals surface area contributed by atoms with E-state index < -0.39 is 0 Å². The van der Waals surface area contributed by atoms with E-state index in [1.54, 1.807) is 11.1 Å². The first-order valence-corrected chi connectivity index (χ1v) is 18.7. The van der Waals surface area contributed by atoms with E-state index in [1.807, 2.05) is 30.3 Å². The van der Waals surface area contributed by atoms with Gasteiger partial charge >= 0.3 is 0 Å². The summed E-state index contributed by atoms with van der Waals surface area (Å²) in [6.45, 7) is 3.33. The van der Waals surface area contributed by atoms with Crippen LogP contribution in [-0.2, 0) is 5.41 Å². The van der Waals surface area contributed by atoms with Crippen molar-refractivity contribution in [2.24, 2.45) is 50.7 Å². The van der Waals surface area contributed by atoms with Crippen LogP contribution in [0.25, 0.3) is 11.1 Å². The van der Waals surface area contributed by atoms with Crippen LogP contribution < -0.4 is 5.73 Å². The van der Waals surface area contributed by atoms with Crippen LogP contribution in [-0.4, -0.2) is 18.2 Å². The lowest BCUT2D eigenvalue weighted by atomic mass is 9.36. The third-order valence-electron chi connectivity index (χ3n) is 14.0. The normalized spacial score (nSPS) is 34.8. The van der Waals surface area contributed by atoms with Gasteiger partial charge in [0.05, 0.1) is 6.54 Å². The molecule has 2 N–H and O–H groups in total. The Kier molecular flexibility index (Phi) is 6.63. The molecule has 7 unspecified atom stereocenters. The monoisotopic (exact) mass is 639 g/mol. The molecule has 244 valence electrons. The highest BCUT2D eigenvalue weighted by Crippen LogP contribution is 2.83. The van der Waals surface area contributed by atoms with Crippen molar-refractivity contribution >= 4 is 22.8 Å². The third-order valence-corrected chi connectivity index (χ3v) is 14.0. The number of nitrogens with two attached hydrogens (primary N) is 1. The SMILES string of the molecule is CC12CC3CC4CC(CC4C31)C21C2=CC=C=CC=C2c2cc(C3=CC=C(C/N=C(\N=C(/N)c4ccccc4)C4=CC=CCC4)CC3)ccc21. The van der Waals surface area contributed by atoms with Gasteiger partial charge in [0.2, 0.25) is 0 Å². The van der Waals surface area contributed by atoms with Crippen LogP contribution in [0.3, 0.4) is 0 Å². The number of allylic oxidation sites excluding steroid dienone is 11. The highest BCUT2D eigenvalue weighted by molar-refractivity contribution is 6.11. The summed E-state index contributed by atoms with van der Waals surface area (Å²) in [6, 6.07) is 17.6. The van der Waals surface area contributed by atoms with Crippen LogP contribution in [0.1, 0.15) is 80.5 Å². The number of hydrogen-bond donors (Lipinski definition) is 1. The number of nitrogens with zero attached hydrogens (tertiary/aromatic N) is 2. The summed E-state index contributed by atoms with van der Waals surface area (Å²) in [5, 5.41) is 0. The predicted molar refractivity (Wildman–Crippen MR) is 202 cm³/mol. The molecule has 2 aromatic carbocycles. The minimum atomic E-state index is 0.148. The highest BCUT2D eigenvalue weighted by Gasteiger charge is 2.77. The van der Waals surface area contributed by atoms with Crippen molar-refractivity contribution in [3.63, 3.8) is 0 Å². The largest absolute Gasteiger partial charge is 0.383 e. The van der Waals surface area contributed by atoms with Crippen molar-refractivity contribution in [3.8, 4) is 0 Å². The highest BCUT2D eigenvalue weighted by atomic mass is 15.0. The second kappa shape index (κ2) is 11.0. The number of fused-ring (bicyclic) bond motifs is 8. The van der Waals surface area contributed by atoms with Gasteiger partial charge in [-0.25, -0.2) is 4.99 Å². The van der Waals surface area contributed by atoms with E-state index >= 15 is 0 Å². The van der Waals surface area contributed by atoms with E-state index in [0.717, 1.165) is 72.2 Å². The van der Waals surface area contributed by atoms with Crippen LogP contribution in [0.4, 0.5) is 0 Å². The van der Waals surface area contributed by atoms with Gasteiger partial charge in [0.15, 0.2) is 5.84 Å². The van der Waals surface area contributed by atoms with Crippen molar-refractivity contribution in [1.82, 2.24) is 0 Å². The maximum Gasteiger partial charge on any atom is 0.153 e. The Morgan fingerprint density at radius 2 is 1.82 bits per heavy atom. The molecule has 1 spiro atoms. The minimum Gasteiger partial charge on any atom is -0.383 e. The molecule has 4 saturated carbocycles. The molecule has 2 aromatic rings. The standard InChI is InChI=1S/C46H45N3/c1-45-27-35-23-34-24-36(26-38(34)42(35)45)46(45)40-16-10-4-9-15-37(40)39-25-33(21-22-41(39)46)30-19-17-29(18-20-30)28-48-44(32-13-7-3-8-14-32)49-43(47)31-11-5-2-6-12-31/h2-3,5-7,9-13,15-17,19,21-22,25,34-36,38,42H,8,14,18,20,23-24,26-28H2,1H3,(H2,47,48,49). The van der Waals surface area contributed by atoms with Gasteiger partial charge in [0.1, 0.15) is 5.84 Å². The average molecular weight is 640 g/mol. The molecule has 0 amide bonds.